The van der Waals surface area contributed by atoms with Crippen LogP contribution in [0.1, 0.15) is 42.0 Å². The zero-order valence-electron chi connectivity index (χ0n) is 16.9. The molecule has 0 saturated carbocycles. The van der Waals surface area contributed by atoms with E-state index in [1.807, 2.05) is 4.68 Å². The monoisotopic (exact) mass is 372 g/mol. The Bertz CT molecular complexity index is 1160. The second-order valence-corrected chi connectivity index (χ2v) is 7.56. The standard InChI is InChI=1S/C23H24N4O/c1-14(2)18-8-6-16(4)11-21(18)28-23-19-12-26-27(22(19)24-13-25-23)20-9-7-15(3)10-17(20)5/h6-14H,1-5H3. The van der Waals surface area contributed by atoms with E-state index < -0.39 is 0 Å². The first-order valence-electron chi connectivity index (χ1n) is 9.49. The van der Waals surface area contributed by atoms with Crippen LogP contribution in [0.3, 0.4) is 0 Å². The summed E-state index contributed by atoms with van der Waals surface area (Å²) in [5.74, 6) is 1.70. The van der Waals surface area contributed by atoms with E-state index in [2.05, 4.69) is 86.1 Å². The fourth-order valence-corrected chi connectivity index (χ4v) is 3.43. The fraction of sp³-hybridized carbons (Fsp3) is 0.261. The van der Waals surface area contributed by atoms with Gasteiger partial charge in [-0.2, -0.15) is 5.10 Å². The van der Waals surface area contributed by atoms with E-state index in [-0.39, 0.29) is 0 Å². The molecule has 2 aromatic heterocycles. The molecule has 0 aliphatic carbocycles. The Balaban J connectivity index is 1.81. The predicted octanol–water partition coefficient (Wildman–Crippen LogP) is 5.66. The maximum absolute atomic E-state index is 6.26. The highest BCUT2D eigenvalue weighted by Crippen LogP contribution is 2.33. The van der Waals surface area contributed by atoms with Crippen LogP contribution in [0, 0.1) is 20.8 Å². The maximum Gasteiger partial charge on any atom is 0.233 e. The summed E-state index contributed by atoms with van der Waals surface area (Å²) in [6, 6.07) is 12.6. The Morgan fingerprint density at radius 3 is 2.43 bits per heavy atom. The lowest BCUT2D eigenvalue weighted by Gasteiger charge is -2.14. The normalized spacial score (nSPS) is 11.4. The van der Waals surface area contributed by atoms with Crippen molar-refractivity contribution >= 4 is 11.0 Å². The number of hydrogen-bond donors (Lipinski definition) is 0. The van der Waals surface area contributed by atoms with E-state index in [9.17, 15) is 0 Å². The first kappa shape index (κ1) is 18.2. The van der Waals surface area contributed by atoms with Gasteiger partial charge in [0.25, 0.3) is 0 Å². The average Bonchev–Trinajstić information content (AvgIpc) is 3.06. The molecule has 5 nitrogen and oxygen atoms in total. The Morgan fingerprint density at radius 2 is 1.68 bits per heavy atom. The van der Waals surface area contributed by atoms with Crippen LogP contribution in [0.5, 0.6) is 11.6 Å². The third-order valence-electron chi connectivity index (χ3n) is 4.91. The van der Waals surface area contributed by atoms with Crippen LogP contribution in [0.25, 0.3) is 16.7 Å². The fourth-order valence-electron chi connectivity index (χ4n) is 3.43. The van der Waals surface area contributed by atoms with Gasteiger partial charge in [-0.15, -0.1) is 0 Å². The van der Waals surface area contributed by atoms with Gasteiger partial charge in [-0.1, -0.05) is 43.7 Å². The number of rotatable bonds is 4. The largest absolute Gasteiger partial charge is 0.438 e. The molecule has 2 heterocycles. The summed E-state index contributed by atoms with van der Waals surface area (Å²) in [7, 11) is 0. The van der Waals surface area contributed by atoms with Gasteiger partial charge in [-0.25, -0.2) is 14.6 Å². The summed E-state index contributed by atoms with van der Waals surface area (Å²) in [5.41, 5.74) is 6.40. The number of aryl methyl sites for hydroxylation is 3. The highest BCUT2D eigenvalue weighted by Gasteiger charge is 2.16. The predicted molar refractivity (Wildman–Crippen MR) is 111 cm³/mol. The molecule has 0 saturated heterocycles. The van der Waals surface area contributed by atoms with E-state index in [1.165, 1.54) is 11.9 Å². The molecular weight excluding hydrogens is 348 g/mol. The highest BCUT2D eigenvalue weighted by atomic mass is 16.5. The maximum atomic E-state index is 6.26. The Kier molecular flexibility index (Phi) is 4.59. The van der Waals surface area contributed by atoms with Gasteiger partial charge in [-0.05, 0) is 55.5 Å². The Hall–Kier alpha value is -3.21. The van der Waals surface area contributed by atoms with Crippen LogP contribution in [-0.4, -0.2) is 19.7 Å². The van der Waals surface area contributed by atoms with E-state index in [0.717, 1.165) is 39.2 Å². The lowest BCUT2D eigenvalue weighted by atomic mass is 10.0. The molecule has 4 rings (SSSR count). The van der Waals surface area contributed by atoms with E-state index in [0.29, 0.717) is 11.8 Å². The molecule has 0 fully saturated rings. The molecule has 0 aliphatic heterocycles. The minimum Gasteiger partial charge on any atom is -0.438 e. The third-order valence-corrected chi connectivity index (χ3v) is 4.91. The molecule has 0 bridgehead atoms. The summed E-state index contributed by atoms with van der Waals surface area (Å²) in [5, 5.41) is 5.36. The van der Waals surface area contributed by atoms with Crippen molar-refractivity contribution in [1.82, 2.24) is 19.7 Å². The van der Waals surface area contributed by atoms with E-state index >= 15 is 0 Å². The van der Waals surface area contributed by atoms with Crippen molar-refractivity contribution in [3.63, 3.8) is 0 Å². The minimum atomic E-state index is 0.353. The number of fused-ring (bicyclic) bond motifs is 1. The number of ether oxygens (including phenoxy) is 1. The molecule has 0 aliphatic rings. The van der Waals surface area contributed by atoms with Gasteiger partial charge in [0.15, 0.2) is 5.65 Å². The van der Waals surface area contributed by atoms with Gasteiger partial charge in [0.05, 0.1) is 11.9 Å². The number of hydrogen-bond acceptors (Lipinski definition) is 4. The van der Waals surface area contributed by atoms with Gasteiger partial charge in [0.1, 0.15) is 17.5 Å². The van der Waals surface area contributed by atoms with Crippen LogP contribution in [-0.2, 0) is 0 Å². The molecule has 5 heteroatoms. The first-order chi connectivity index (χ1) is 13.4. The van der Waals surface area contributed by atoms with Crippen LogP contribution in [0.2, 0.25) is 0 Å². The van der Waals surface area contributed by atoms with Gasteiger partial charge in [0, 0.05) is 0 Å². The molecule has 0 atom stereocenters. The van der Waals surface area contributed by atoms with Crippen LogP contribution >= 0.6 is 0 Å². The highest BCUT2D eigenvalue weighted by molar-refractivity contribution is 5.81. The van der Waals surface area contributed by atoms with Crippen molar-refractivity contribution in [2.75, 3.05) is 0 Å². The number of aromatic nitrogens is 4. The van der Waals surface area contributed by atoms with Gasteiger partial charge in [0.2, 0.25) is 5.88 Å². The summed E-state index contributed by atoms with van der Waals surface area (Å²) in [4.78, 5) is 8.86. The molecule has 0 unspecified atom stereocenters. The van der Waals surface area contributed by atoms with Crippen LogP contribution in [0.4, 0.5) is 0 Å². The van der Waals surface area contributed by atoms with Crippen molar-refractivity contribution in [3.8, 4) is 17.3 Å². The van der Waals surface area contributed by atoms with Crippen LogP contribution in [0.15, 0.2) is 48.9 Å². The lowest BCUT2D eigenvalue weighted by Crippen LogP contribution is -2.01. The number of benzene rings is 2. The molecular formula is C23H24N4O. The quantitative estimate of drug-likeness (QED) is 0.464. The second-order valence-electron chi connectivity index (χ2n) is 7.56. The zero-order valence-corrected chi connectivity index (χ0v) is 16.9. The molecule has 0 spiro atoms. The molecule has 28 heavy (non-hydrogen) atoms. The van der Waals surface area contributed by atoms with Crippen molar-refractivity contribution in [3.05, 3.63) is 71.2 Å². The van der Waals surface area contributed by atoms with E-state index in [1.54, 1.807) is 6.20 Å². The van der Waals surface area contributed by atoms with Crippen molar-refractivity contribution < 1.29 is 4.74 Å². The molecule has 2 aromatic carbocycles. The van der Waals surface area contributed by atoms with Crippen molar-refractivity contribution in [2.45, 2.75) is 40.5 Å². The molecule has 142 valence electrons. The third kappa shape index (κ3) is 3.24. The van der Waals surface area contributed by atoms with Gasteiger partial charge in [-0.3, -0.25) is 0 Å². The second kappa shape index (κ2) is 7.08. The van der Waals surface area contributed by atoms with Crippen LogP contribution < -0.4 is 4.74 Å². The van der Waals surface area contributed by atoms with Crippen molar-refractivity contribution in [1.29, 1.82) is 0 Å². The molecule has 0 amide bonds. The topological polar surface area (TPSA) is 52.8 Å². The SMILES string of the molecule is Cc1ccc(-n2ncc3c(Oc4cc(C)ccc4C(C)C)ncnc32)c(C)c1. The summed E-state index contributed by atoms with van der Waals surface area (Å²) < 4.78 is 8.10. The summed E-state index contributed by atoms with van der Waals surface area (Å²) >= 11 is 0. The average molecular weight is 372 g/mol. The number of nitrogens with zero attached hydrogens (tertiary/aromatic N) is 4. The summed E-state index contributed by atoms with van der Waals surface area (Å²) in [6.07, 6.45) is 3.30. The van der Waals surface area contributed by atoms with Crippen molar-refractivity contribution in [2.24, 2.45) is 0 Å². The zero-order chi connectivity index (χ0) is 19.8. The molecule has 4 aromatic rings. The Labute approximate surface area is 165 Å². The van der Waals surface area contributed by atoms with E-state index in [4.69, 9.17) is 4.74 Å². The summed E-state index contributed by atoms with van der Waals surface area (Å²) in [6.45, 7) is 10.5. The smallest absolute Gasteiger partial charge is 0.233 e. The van der Waals surface area contributed by atoms with Gasteiger partial charge >= 0.3 is 0 Å². The first-order valence-corrected chi connectivity index (χ1v) is 9.49. The lowest BCUT2D eigenvalue weighted by molar-refractivity contribution is 0.459. The molecule has 0 radical (unpaired) electrons. The minimum absolute atomic E-state index is 0.353. The van der Waals surface area contributed by atoms with Gasteiger partial charge < -0.3 is 4.74 Å². The molecule has 0 N–H and O–H groups in total. The Morgan fingerprint density at radius 1 is 0.929 bits per heavy atom.